The van der Waals surface area contributed by atoms with Crippen LogP contribution in [0.1, 0.15) is 21.7 Å². The number of fused-ring (bicyclic) bond motifs is 1. The van der Waals surface area contributed by atoms with Crippen LogP contribution < -0.4 is 14.8 Å². The molecule has 2 heterocycles. The van der Waals surface area contributed by atoms with Crippen LogP contribution in [0.25, 0.3) is 5.69 Å². The molecule has 0 unspecified atom stereocenters. The van der Waals surface area contributed by atoms with E-state index in [1.165, 1.54) is 11.4 Å². The van der Waals surface area contributed by atoms with E-state index in [1.54, 1.807) is 18.2 Å². The number of carbonyl (C=O) groups excluding carboxylic acids is 1. The predicted molar refractivity (Wildman–Crippen MR) is 101 cm³/mol. The molecule has 4 rings (SSSR count). The number of ether oxygens (including phenoxy) is 2. The van der Waals surface area contributed by atoms with Gasteiger partial charge in [-0.15, -0.1) is 0 Å². The minimum Gasteiger partial charge on any atom is -0.486 e. The first-order valence-corrected chi connectivity index (χ1v) is 8.58. The highest BCUT2D eigenvalue weighted by molar-refractivity contribution is 6.04. The number of aromatic nitrogens is 1. The number of hydrogen-bond donors (Lipinski definition) is 1. The van der Waals surface area contributed by atoms with Gasteiger partial charge in [0.1, 0.15) is 13.2 Å². The van der Waals surface area contributed by atoms with Gasteiger partial charge in [0.15, 0.2) is 11.5 Å². The van der Waals surface area contributed by atoms with Crippen molar-refractivity contribution in [3.63, 3.8) is 0 Å². The van der Waals surface area contributed by atoms with Gasteiger partial charge in [0.05, 0.1) is 0 Å². The maximum Gasteiger partial charge on any atom is 0.255 e. The Kier molecular flexibility index (Phi) is 4.13. The first-order chi connectivity index (χ1) is 12.6. The summed E-state index contributed by atoms with van der Waals surface area (Å²) >= 11 is 0. The minimum atomic E-state index is -0.178. The molecule has 5 nitrogen and oxygen atoms in total. The maximum atomic E-state index is 12.5. The zero-order valence-electron chi connectivity index (χ0n) is 14.8. The van der Waals surface area contributed by atoms with E-state index in [4.69, 9.17) is 9.47 Å². The van der Waals surface area contributed by atoms with Crippen LogP contribution in [0.3, 0.4) is 0 Å². The number of nitrogens with zero attached hydrogens (tertiary/aromatic N) is 1. The van der Waals surface area contributed by atoms with Crippen molar-refractivity contribution >= 4 is 11.6 Å². The topological polar surface area (TPSA) is 52.5 Å². The van der Waals surface area contributed by atoms with E-state index >= 15 is 0 Å². The van der Waals surface area contributed by atoms with Gasteiger partial charge in [0.2, 0.25) is 0 Å². The predicted octanol–water partition coefficient (Wildman–Crippen LogP) is 4.12. The second-order valence-corrected chi connectivity index (χ2v) is 6.31. The van der Waals surface area contributed by atoms with Crippen molar-refractivity contribution in [3.05, 3.63) is 71.5 Å². The van der Waals surface area contributed by atoms with Crippen molar-refractivity contribution in [2.24, 2.45) is 0 Å². The Labute approximate surface area is 152 Å². The van der Waals surface area contributed by atoms with Crippen molar-refractivity contribution in [1.82, 2.24) is 4.57 Å². The summed E-state index contributed by atoms with van der Waals surface area (Å²) in [5.74, 6) is 1.11. The van der Waals surface area contributed by atoms with Gasteiger partial charge in [-0.25, -0.2) is 0 Å². The van der Waals surface area contributed by atoms with Gasteiger partial charge >= 0.3 is 0 Å². The summed E-state index contributed by atoms with van der Waals surface area (Å²) in [6.07, 6.45) is 0. The highest BCUT2D eigenvalue weighted by Crippen LogP contribution is 2.31. The Morgan fingerprint density at radius 2 is 1.54 bits per heavy atom. The fourth-order valence-corrected chi connectivity index (χ4v) is 3.16. The normalized spacial score (nSPS) is 12.7. The molecule has 1 N–H and O–H groups in total. The van der Waals surface area contributed by atoms with Gasteiger partial charge in [-0.3, -0.25) is 4.79 Å². The third kappa shape index (κ3) is 3.04. The Morgan fingerprint density at radius 3 is 2.23 bits per heavy atom. The van der Waals surface area contributed by atoms with Crippen LogP contribution in [0, 0.1) is 13.8 Å². The average molecular weight is 348 g/mol. The summed E-state index contributed by atoms with van der Waals surface area (Å²) in [5.41, 5.74) is 4.71. The lowest BCUT2D eigenvalue weighted by molar-refractivity contribution is 0.102. The molecule has 1 aromatic heterocycles. The summed E-state index contributed by atoms with van der Waals surface area (Å²) in [7, 11) is 0. The monoisotopic (exact) mass is 348 g/mol. The first kappa shape index (κ1) is 16.3. The molecule has 132 valence electrons. The molecule has 3 aromatic rings. The molecule has 2 aromatic carbocycles. The molecule has 0 fully saturated rings. The molecule has 5 heteroatoms. The van der Waals surface area contributed by atoms with Gasteiger partial charge in [-0.2, -0.15) is 0 Å². The minimum absolute atomic E-state index is 0.178. The van der Waals surface area contributed by atoms with Crippen LogP contribution in [-0.4, -0.2) is 23.7 Å². The number of anilines is 1. The Bertz CT molecular complexity index is 938. The van der Waals surface area contributed by atoms with Crippen molar-refractivity contribution in [2.75, 3.05) is 18.5 Å². The fourth-order valence-electron chi connectivity index (χ4n) is 3.16. The lowest BCUT2D eigenvalue weighted by Crippen LogP contribution is -2.17. The molecule has 0 radical (unpaired) electrons. The van der Waals surface area contributed by atoms with Crippen LogP contribution in [0.2, 0.25) is 0 Å². The maximum absolute atomic E-state index is 12.5. The molecule has 1 aliphatic rings. The molecule has 0 spiro atoms. The van der Waals surface area contributed by atoms with E-state index in [2.05, 4.69) is 35.9 Å². The molecule has 0 saturated heterocycles. The summed E-state index contributed by atoms with van der Waals surface area (Å²) in [4.78, 5) is 12.5. The summed E-state index contributed by atoms with van der Waals surface area (Å²) in [5, 5.41) is 2.92. The van der Waals surface area contributed by atoms with E-state index in [9.17, 15) is 4.79 Å². The Hall–Kier alpha value is -3.21. The van der Waals surface area contributed by atoms with E-state index in [1.807, 2.05) is 24.3 Å². The van der Waals surface area contributed by atoms with Crippen LogP contribution >= 0.6 is 0 Å². The number of amides is 1. The van der Waals surface area contributed by atoms with Crippen molar-refractivity contribution in [3.8, 4) is 17.2 Å². The summed E-state index contributed by atoms with van der Waals surface area (Å²) < 4.78 is 13.2. The number of hydrogen-bond acceptors (Lipinski definition) is 3. The number of nitrogens with one attached hydrogen (secondary N) is 1. The molecule has 0 aliphatic carbocycles. The zero-order valence-corrected chi connectivity index (χ0v) is 14.8. The van der Waals surface area contributed by atoms with Gasteiger partial charge in [0.25, 0.3) is 5.91 Å². The quantitative estimate of drug-likeness (QED) is 0.775. The number of aryl methyl sites for hydroxylation is 2. The second kappa shape index (κ2) is 6.59. The third-order valence-electron chi connectivity index (χ3n) is 4.46. The summed E-state index contributed by atoms with van der Waals surface area (Å²) in [6.45, 7) is 5.18. The number of benzene rings is 2. The van der Waals surface area contributed by atoms with Gasteiger partial charge < -0.3 is 19.4 Å². The lowest BCUT2D eigenvalue weighted by Gasteiger charge is -2.18. The molecule has 26 heavy (non-hydrogen) atoms. The molecule has 0 bridgehead atoms. The number of carbonyl (C=O) groups is 1. The summed E-state index contributed by atoms with van der Waals surface area (Å²) in [6, 6.07) is 17.2. The standard InChI is InChI=1S/C21H20N2O3/c1-14-3-4-15(2)23(14)18-8-6-17(7-9-18)22-21(24)16-5-10-19-20(13-16)26-12-11-25-19/h3-10,13H,11-12H2,1-2H3,(H,22,24). The fraction of sp³-hybridized carbons (Fsp3) is 0.190. The SMILES string of the molecule is Cc1ccc(C)n1-c1ccc(NC(=O)c2ccc3c(c2)OCCO3)cc1. The first-order valence-electron chi connectivity index (χ1n) is 8.58. The van der Waals surface area contributed by atoms with Gasteiger partial charge in [-0.1, -0.05) is 0 Å². The Balaban J connectivity index is 1.51. The van der Waals surface area contributed by atoms with E-state index < -0.39 is 0 Å². The highest BCUT2D eigenvalue weighted by Gasteiger charge is 2.15. The molecule has 1 aliphatic heterocycles. The largest absolute Gasteiger partial charge is 0.486 e. The molecule has 0 saturated carbocycles. The van der Waals surface area contributed by atoms with Crippen molar-refractivity contribution in [2.45, 2.75) is 13.8 Å². The smallest absolute Gasteiger partial charge is 0.255 e. The Morgan fingerprint density at radius 1 is 0.885 bits per heavy atom. The van der Waals surface area contributed by atoms with Crippen molar-refractivity contribution in [1.29, 1.82) is 0 Å². The van der Waals surface area contributed by atoms with E-state index in [0.717, 1.165) is 11.4 Å². The molecular formula is C21H20N2O3. The third-order valence-corrected chi connectivity index (χ3v) is 4.46. The molecular weight excluding hydrogens is 328 g/mol. The van der Waals surface area contributed by atoms with Gasteiger partial charge in [-0.05, 0) is 68.4 Å². The molecule has 1 amide bonds. The average Bonchev–Trinajstić information content (AvgIpc) is 3.00. The zero-order chi connectivity index (χ0) is 18.1. The lowest BCUT2D eigenvalue weighted by atomic mass is 10.1. The second-order valence-electron chi connectivity index (χ2n) is 6.31. The number of rotatable bonds is 3. The highest BCUT2D eigenvalue weighted by atomic mass is 16.6. The van der Waals surface area contributed by atoms with Gasteiger partial charge in [0, 0.05) is 28.3 Å². The van der Waals surface area contributed by atoms with Crippen LogP contribution in [0.4, 0.5) is 5.69 Å². The van der Waals surface area contributed by atoms with Crippen LogP contribution in [0.15, 0.2) is 54.6 Å². The van der Waals surface area contributed by atoms with Crippen LogP contribution in [0.5, 0.6) is 11.5 Å². The molecule has 0 atom stereocenters. The van der Waals surface area contributed by atoms with E-state index in [0.29, 0.717) is 30.3 Å². The van der Waals surface area contributed by atoms with Crippen molar-refractivity contribution < 1.29 is 14.3 Å². The van der Waals surface area contributed by atoms with Crippen LogP contribution in [-0.2, 0) is 0 Å². The van der Waals surface area contributed by atoms with E-state index in [-0.39, 0.29) is 5.91 Å².